The minimum absolute atomic E-state index is 0.00274. The van der Waals surface area contributed by atoms with Crippen molar-refractivity contribution >= 4 is 18.5 Å². The molecule has 21 heavy (non-hydrogen) atoms. The number of amides is 1. The van der Waals surface area contributed by atoms with E-state index in [0.717, 1.165) is 6.42 Å². The summed E-state index contributed by atoms with van der Waals surface area (Å²) in [6.45, 7) is 8.49. The van der Waals surface area contributed by atoms with Crippen LogP contribution >= 0.6 is 0 Å². The minimum Gasteiger partial charge on any atom is -0.423 e. The van der Waals surface area contributed by atoms with Crippen LogP contribution in [0.3, 0.4) is 0 Å². The molecule has 3 N–H and O–H groups in total. The van der Waals surface area contributed by atoms with Gasteiger partial charge in [0.15, 0.2) is 0 Å². The fraction of sp³-hybridized carbons (Fsp3) is 0.533. The highest BCUT2D eigenvalue weighted by Gasteiger charge is 2.14. The van der Waals surface area contributed by atoms with Gasteiger partial charge in [0.05, 0.1) is 5.60 Å². The van der Waals surface area contributed by atoms with E-state index in [1.54, 1.807) is 12.1 Å². The zero-order valence-corrected chi connectivity index (χ0v) is 13.1. The number of benzene rings is 1. The molecule has 116 valence electrons. The average Bonchev–Trinajstić information content (AvgIpc) is 2.37. The molecule has 5 nitrogen and oxygen atoms in total. The quantitative estimate of drug-likeness (QED) is 0.674. The predicted octanol–water partition coefficient (Wildman–Crippen LogP) is 0.690. The van der Waals surface area contributed by atoms with Gasteiger partial charge in [-0.2, -0.15) is 0 Å². The standard InChI is InChI=1S/C15H24BNO4/c1-11(9-10-21-15(2,3)4)17-14(18)12-5-7-13(8-6-12)16(19)20/h5-8,11,19-20H,9-10H2,1-4H3,(H,17,18). The van der Waals surface area contributed by atoms with E-state index >= 15 is 0 Å². The van der Waals surface area contributed by atoms with E-state index in [2.05, 4.69) is 5.32 Å². The largest absolute Gasteiger partial charge is 0.488 e. The van der Waals surface area contributed by atoms with E-state index in [1.807, 2.05) is 27.7 Å². The van der Waals surface area contributed by atoms with E-state index < -0.39 is 7.12 Å². The third-order valence-corrected chi connectivity index (χ3v) is 2.93. The molecular formula is C15H24BNO4. The Labute approximate surface area is 126 Å². The topological polar surface area (TPSA) is 78.8 Å². The summed E-state index contributed by atoms with van der Waals surface area (Å²) in [5.41, 5.74) is 0.672. The van der Waals surface area contributed by atoms with Gasteiger partial charge in [-0.1, -0.05) is 12.1 Å². The molecule has 0 aliphatic rings. The number of ether oxygens (including phenoxy) is 1. The van der Waals surface area contributed by atoms with Crippen LogP contribution in [0.25, 0.3) is 0 Å². The summed E-state index contributed by atoms with van der Waals surface area (Å²) in [6.07, 6.45) is 0.733. The molecule has 0 spiro atoms. The molecule has 0 aliphatic carbocycles. The molecule has 1 rings (SSSR count). The molecule has 0 fully saturated rings. The highest BCUT2D eigenvalue weighted by Crippen LogP contribution is 2.08. The molecule has 0 aliphatic heterocycles. The lowest BCUT2D eigenvalue weighted by Gasteiger charge is -2.21. The van der Waals surface area contributed by atoms with E-state index in [9.17, 15) is 4.79 Å². The summed E-state index contributed by atoms with van der Waals surface area (Å²) < 4.78 is 5.62. The molecule has 1 unspecified atom stereocenters. The van der Waals surface area contributed by atoms with Crippen LogP contribution in [0.2, 0.25) is 0 Å². The van der Waals surface area contributed by atoms with Crippen LogP contribution in [0, 0.1) is 0 Å². The van der Waals surface area contributed by atoms with Gasteiger partial charge in [0, 0.05) is 18.2 Å². The van der Waals surface area contributed by atoms with Crippen LogP contribution < -0.4 is 10.8 Å². The van der Waals surface area contributed by atoms with Gasteiger partial charge >= 0.3 is 7.12 Å². The Bertz CT molecular complexity index is 454. The summed E-state index contributed by atoms with van der Waals surface area (Å²) in [7, 11) is -1.52. The molecule has 1 amide bonds. The summed E-state index contributed by atoms with van der Waals surface area (Å²) >= 11 is 0. The van der Waals surface area contributed by atoms with Gasteiger partial charge in [-0.25, -0.2) is 0 Å². The first-order valence-electron chi connectivity index (χ1n) is 7.10. The summed E-state index contributed by atoms with van der Waals surface area (Å²) in [6, 6.07) is 6.19. The van der Waals surface area contributed by atoms with Crippen LogP contribution in [0.15, 0.2) is 24.3 Å². The smallest absolute Gasteiger partial charge is 0.423 e. The second-order valence-corrected chi connectivity index (χ2v) is 6.12. The second kappa shape index (κ2) is 7.59. The number of rotatable bonds is 6. The maximum absolute atomic E-state index is 12.0. The summed E-state index contributed by atoms with van der Waals surface area (Å²) in [5.74, 6) is -0.183. The first kappa shape index (κ1) is 17.7. The first-order chi connectivity index (χ1) is 9.69. The van der Waals surface area contributed by atoms with Gasteiger partial charge in [-0.3, -0.25) is 4.79 Å². The molecular weight excluding hydrogens is 269 g/mol. The summed E-state index contributed by atoms with van der Waals surface area (Å²) in [4.78, 5) is 12.0. The van der Waals surface area contributed by atoms with E-state index in [1.165, 1.54) is 12.1 Å². The van der Waals surface area contributed by atoms with Crippen molar-refractivity contribution in [2.75, 3.05) is 6.61 Å². The van der Waals surface area contributed by atoms with Crippen molar-refractivity contribution in [2.45, 2.75) is 45.8 Å². The van der Waals surface area contributed by atoms with Crippen molar-refractivity contribution in [1.82, 2.24) is 5.32 Å². The second-order valence-electron chi connectivity index (χ2n) is 6.12. The summed E-state index contributed by atoms with van der Waals surface area (Å²) in [5, 5.41) is 20.9. The van der Waals surface area contributed by atoms with Crippen molar-refractivity contribution in [3.8, 4) is 0 Å². The zero-order chi connectivity index (χ0) is 16.0. The zero-order valence-electron chi connectivity index (χ0n) is 13.1. The van der Waals surface area contributed by atoms with Crippen molar-refractivity contribution in [3.63, 3.8) is 0 Å². The van der Waals surface area contributed by atoms with E-state index in [0.29, 0.717) is 17.6 Å². The Kier molecular flexibility index (Phi) is 6.39. The molecule has 1 aromatic carbocycles. The number of carbonyl (C=O) groups is 1. The van der Waals surface area contributed by atoms with Crippen molar-refractivity contribution in [2.24, 2.45) is 0 Å². The number of hydrogen-bond donors (Lipinski definition) is 3. The lowest BCUT2D eigenvalue weighted by molar-refractivity contribution is -0.00637. The third kappa shape index (κ3) is 6.75. The van der Waals surface area contributed by atoms with Gasteiger partial charge in [0.2, 0.25) is 0 Å². The Balaban J connectivity index is 2.45. The Morgan fingerprint density at radius 2 is 1.86 bits per heavy atom. The van der Waals surface area contributed by atoms with Crippen LogP contribution in [0.1, 0.15) is 44.5 Å². The highest BCUT2D eigenvalue weighted by atomic mass is 16.5. The molecule has 0 bridgehead atoms. The number of nitrogens with one attached hydrogen (secondary N) is 1. The minimum atomic E-state index is -1.52. The Hall–Kier alpha value is -1.37. The monoisotopic (exact) mass is 293 g/mol. The molecule has 0 saturated heterocycles. The Morgan fingerprint density at radius 1 is 1.29 bits per heavy atom. The fourth-order valence-electron chi connectivity index (χ4n) is 1.73. The van der Waals surface area contributed by atoms with Gasteiger partial charge in [0.25, 0.3) is 5.91 Å². The van der Waals surface area contributed by atoms with Gasteiger partial charge < -0.3 is 20.1 Å². The van der Waals surface area contributed by atoms with Crippen molar-refractivity contribution < 1.29 is 19.6 Å². The maximum Gasteiger partial charge on any atom is 0.488 e. The molecule has 1 aromatic rings. The van der Waals surface area contributed by atoms with E-state index in [4.69, 9.17) is 14.8 Å². The van der Waals surface area contributed by atoms with Crippen molar-refractivity contribution in [1.29, 1.82) is 0 Å². The van der Waals surface area contributed by atoms with Gasteiger partial charge in [-0.15, -0.1) is 0 Å². The third-order valence-electron chi connectivity index (χ3n) is 2.93. The maximum atomic E-state index is 12.0. The van der Waals surface area contributed by atoms with Crippen LogP contribution in [-0.4, -0.2) is 41.3 Å². The van der Waals surface area contributed by atoms with Crippen LogP contribution in [-0.2, 0) is 4.74 Å². The highest BCUT2D eigenvalue weighted by molar-refractivity contribution is 6.58. The number of carbonyl (C=O) groups excluding carboxylic acids is 1. The number of hydrogen-bond acceptors (Lipinski definition) is 4. The molecule has 1 atom stereocenters. The van der Waals surface area contributed by atoms with Gasteiger partial charge in [-0.05, 0) is 51.7 Å². The van der Waals surface area contributed by atoms with Crippen molar-refractivity contribution in [3.05, 3.63) is 29.8 Å². The lowest BCUT2D eigenvalue weighted by atomic mass is 9.80. The predicted molar refractivity (Wildman–Crippen MR) is 83.5 cm³/mol. The SMILES string of the molecule is CC(CCOC(C)(C)C)NC(=O)c1ccc(B(O)O)cc1. The van der Waals surface area contributed by atoms with Crippen LogP contribution in [0.5, 0.6) is 0 Å². The Morgan fingerprint density at radius 3 is 2.33 bits per heavy atom. The van der Waals surface area contributed by atoms with Crippen LogP contribution in [0.4, 0.5) is 0 Å². The normalized spacial score (nSPS) is 12.9. The van der Waals surface area contributed by atoms with E-state index in [-0.39, 0.29) is 17.6 Å². The molecule has 0 heterocycles. The van der Waals surface area contributed by atoms with Gasteiger partial charge in [0.1, 0.15) is 0 Å². The fourth-order valence-corrected chi connectivity index (χ4v) is 1.73. The molecule has 6 heteroatoms. The lowest BCUT2D eigenvalue weighted by Crippen LogP contribution is -2.35. The molecule has 0 radical (unpaired) electrons. The first-order valence-corrected chi connectivity index (χ1v) is 7.10. The molecule has 0 saturated carbocycles. The molecule has 0 aromatic heterocycles. The average molecular weight is 293 g/mol.